The van der Waals surface area contributed by atoms with Gasteiger partial charge >= 0.3 is 5.97 Å². The third-order valence-electron chi connectivity index (χ3n) is 3.65. The first-order valence-electron chi connectivity index (χ1n) is 9.53. The van der Waals surface area contributed by atoms with Gasteiger partial charge in [-0.15, -0.1) is 0 Å². The van der Waals surface area contributed by atoms with Gasteiger partial charge in [-0.2, -0.15) is 0 Å². The molecule has 0 fully saturated rings. The van der Waals surface area contributed by atoms with E-state index in [1.54, 1.807) is 0 Å². The Morgan fingerprint density at radius 2 is 1.04 bits per heavy atom. The summed E-state index contributed by atoms with van der Waals surface area (Å²) in [7, 11) is 2.00. The zero-order valence-corrected chi connectivity index (χ0v) is 20.5. The third kappa shape index (κ3) is 40.4. The Morgan fingerprint density at radius 1 is 0.680 bits per heavy atom. The molecule has 0 aromatic heterocycles. The Kier molecular flexibility index (Phi) is 46.7. The van der Waals surface area contributed by atoms with Crippen molar-refractivity contribution in [2.45, 2.75) is 96.8 Å². The molecule has 0 aromatic rings. The Bertz CT molecular complexity index is 246. The van der Waals surface area contributed by atoms with Crippen LogP contribution in [-0.2, 0) is 4.79 Å². The molecule has 1 radical (unpaired) electrons. The van der Waals surface area contributed by atoms with Gasteiger partial charge in [-0.05, 0) is 32.1 Å². The van der Waals surface area contributed by atoms with Crippen molar-refractivity contribution < 1.29 is 55.7 Å². The average molecular weight is 485 g/mol. The van der Waals surface area contributed by atoms with Crippen LogP contribution >= 0.6 is 0 Å². The molecule has 25 heavy (non-hydrogen) atoms. The maximum Gasteiger partial charge on any atom is 0.303 e. The van der Waals surface area contributed by atoms with Crippen molar-refractivity contribution in [3.63, 3.8) is 0 Å². The van der Waals surface area contributed by atoms with Crippen LogP contribution in [0.4, 0.5) is 0 Å². The van der Waals surface area contributed by atoms with E-state index in [2.05, 4.69) is 19.1 Å². The van der Waals surface area contributed by atoms with Crippen molar-refractivity contribution in [1.29, 1.82) is 0 Å². The Hall–Kier alpha value is 0.325. The van der Waals surface area contributed by atoms with E-state index in [0.29, 0.717) is 6.42 Å². The van der Waals surface area contributed by atoms with E-state index in [9.17, 15) is 4.79 Å². The van der Waals surface area contributed by atoms with Gasteiger partial charge < -0.3 is 15.3 Å². The summed E-state index contributed by atoms with van der Waals surface area (Å²) in [5.74, 6) is -0.664. The van der Waals surface area contributed by atoms with E-state index >= 15 is 0 Å². The first kappa shape index (κ1) is 33.0. The number of carbonyl (C=O) groups is 1. The van der Waals surface area contributed by atoms with Crippen LogP contribution in [0.5, 0.6) is 0 Å². The zero-order valence-electron chi connectivity index (χ0n) is 16.9. The van der Waals surface area contributed by atoms with Gasteiger partial charge in [-0.1, -0.05) is 70.4 Å². The molecule has 0 amide bonds. The normalized spacial score (nSPS) is 9.48. The summed E-state index contributed by atoms with van der Waals surface area (Å²) in [5, 5.41) is 22.5. The van der Waals surface area contributed by atoms with Crippen LogP contribution in [0.25, 0.3) is 0 Å². The molecule has 0 saturated heterocycles. The molecule has 4 nitrogen and oxygen atoms in total. The van der Waals surface area contributed by atoms with E-state index in [-0.39, 0.29) is 35.6 Å². The van der Waals surface area contributed by atoms with Gasteiger partial charge in [-0.3, -0.25) is 4.79 Å². The summed E-state index contributed by atoms with van der Waals surface area (Å²) in [6.07, 6.45) is 21.2. The van der Waals surface area contributed by atoms with Crippen molar-refractivity contribution in [3.8, 4) is 0 Å². The quantitative estimate of drug-likeness (QED) is 0.217. The maximum absolute atomic E-state index is 10.3. The van der Waals surface area contributed by atoms with Crippen LogP contribution in [0.3, 0.4) is 0 Å². The number of hydrogen-bond acceptors (Lipinski definition) is 3. The molecule has 0 saturated carbocycles. The Labute approximate surface area is 184 Å². The second-order valence-electron chi connectivity index (χ2n) is 5.73. The average Bonchev–Trinajstić information content (AvgIpc) is 2.61. The second-order valence-corrected chi connectivity index (χ2v) is 5.73. The smallest absolute Gasteiger partial charge is 0.303 e. The first-order valence-corrected chi connectivity index (χ1v) is 9.53. The van der Waals surface area contributed by atoms with Crippen molar-refractivity contribution in [2.75, 3.05) is 14.2 Å². The molecule has 0 atom stereocenters. The monoisotopic (exact) mass is 485 g/mol. The van der Waals surface area contributed by atoms with E-state index < -0.39 is 5.97 Å². The van der Waals surface area contributed by atoms with Gasteiger partial charge in [0.05, 0.1) is 0 Å². The van der Waals surface area contributed by atoms with Gasteiger partial charge in [0.25, 0.3) is 0 Å². The zero-order chi connectivity index (χ0) is 18.9. The second kappa shape index (κ2) is 35.4. The van der Waals surface area contributed by atoms with Crippen molar-refractivity contribution >= 4 is 5.97 Å². The molecule has 0 aliphatic carbocycles. The van der Waals surface area contributed by atoms with Crippen molar-refractivity contribution in [2.24, 2.45) is 0 Å². The molecule has 0 heterocycles. The van der Waals surface area contributed by atoms with Crippen LogP contribution in [0.1, 0.15) is 96.8 Å². The number of aliphatic hydroxyl groups excluding tert-OH is 2. The number of hydrogen-bond donors (Lipinski definition) is 3. The van der Waals surface area contributed by atoms with Crippen LogP contribution in [0.15, 0.2) is 12.2 Å². The molecule has 0 spiro atoms. The summed E-state index contributed by atoms with van der Waals surface area (Å²) >= 11 is 0. The van der Waals surface area contributed by atoms with Crippen LogP contribution < -0.4 is 0 Å². The predicted molar refractivity (Wildman–Crippen MR) is 103 cm³/mol. The number of aliphatic carboxylic acids is 1. The van der Waals surface area contributed by atoms with Gasteiger partial charge in [0.1, 0.15) is 0 Å². The van der Waals surface area contributed by atoms with Gasteiger partial charge in [0, 0.05) is 56.2 Å². The minimum atomic E-state index is -0.664. The third-order valence-corrected chi connectivity index (χ3v) is 3.65. The fourth-order valence-electron chi connectivity index (χ4n) is 2.35. The maximum atomic E-state index is 10.3. The molecule has 0 rings (SSSR count). The molecule has 0 aliphatic rings. The molecule has 0 bridgehead atoms. The van der Waals surface area contributed by atoms with Crippen molar-refractivity contribution in [1.82, 2.24) is 0 Å². The predicted octanol–water partition coefficient (Wildman–Crippen LogP) is 5.33. The van der Waals surface area contributed by atoms with E-state index in [0.717, 1.165) is 27.1 Å². The first-order chi connectivity index (χ1) is 11.8. The standard InChI is InChI=1S/C18H34O2.2CH4O.La/c1-2-3-4-5-6-7-8-9-10-11-12-13-14-15-16-17-18(19)20;2*1-2;/h9-10H,2-8,11-17H2,1H3,(H,19,20);2*2H,1H3;/b10-9-;;;. The molecular weight excluding hydrogens is 443 g/mol. The fourth-order valence-corrected chi connectivity index (χ4v) is 2.35. The number of aliphatic hydroxyl groups is 2. The van der Waals surface area contributed by atoms with Crippen LogP contribution in [0, 0.1) is 35.6 Å². The number of allylic oxidation sites excluding steroid dienone is 2. The number of carboxylic acid groups (broad SMARTS) is 1. The molecule has 0 aliphatic heterocycles. The summed E-state index contributed by atoms with van der Waals surface area (Å²) in [4.78, 5) is 10.3. The number of rotatable bonds is 15. The van der Waals surface area contributed by atoms with Crippen LogP contribution in [-0.4, -0.2) is 35.5 Å². The molecular formula is C20H42LaO4. The SMILES string of the molecule is CCCCCCCC/C=C\CCCCCCCC(=O)O.CO.CO.[La]. The Balaban J connectivity index is -0.000000408. The largest absolute Gasteiger partial charge is 0.481 e. The summed E-state index contributed by atoms with van der Waals surface area (Å²) in [5.41, 5.74) is 0. The molecule has 3 N–H and O–H groups in total. The van der Waals surface area contributed by atoms with Gasteiger partial charge in [0.2, 0.25) is 0 Å². The minimum Gasteiger partial charge on any atom is -0.481 e. The summed E-state index contributed by atoms with van der Waals surface area (Å²) < 4.78 is 0. The van der Waals surface area contributed by atoms with Crippen LogP contribution in [0.2, 0.25) is 0 Å². The summed E-state index contributed by atoms with van der Waals surface area (Å²) in [6.45, 7) is 2.26. The van der Waals surface area contributed by atoms with E-state index in [1.165, 1.54) is 70.6 Å². The topological polar surface area (TPSA) is 77.8 Å². The van der Waals surface area contributed by atoms with E-state index in [4.69, 9.17) is 15.3 Å². The number of unbranched alkanes of at least 4 members (excludes halogenated alkanes) is 11. The van der Waals surface area contributed by atoms with Gasteiger partial charge in [-0.25, -0.2) is 0 Å². The molecule has 0 unspecified atom stereocenters. The number of carboxylic acids is 1. The van der Waals surface area contributed by atoms with Crippen molar-refractivity contribution in [3.05, 3.63) is 12.2 Å². The van der Waals surface area contributed by atoms with E-state index in [1.807, 2.05) is 0 Å². The Morgan fingerprint density at radius 3 is 1.44 bits per heavy atom. The molecule has 0 aromatic carbocycles. The summed E-state index contributed by atoms with van der Waals surface area (Å²) in [6, 6.07) is 0. The molecule has 5 heteroatoms. The molecule has 149 valence electrons. The van der Waals surface area contributed by atoms with Gasteiger partial charge in [0.15, 0.2) is 0 Å². The fraction of sp³-hybridized carbons (Fsp3) is 0.850. The minimum absolute atomic E-state index is 0.